The van der Waals surface area contributed by atoms with Crippen LogP contribution in [-0.2, 0) is 6.18 Å². The van der Waals surface area contributed by atoms with Gasteiger partial charge in [0.05, 0.1) is 11.1 Å². The lowest BCUT2D eigenvalue weighted by Crippen LogP contribution is -2.19. The molecular weight excluding hydrogens is 445 g/mol. The largest absolute Gasteiger partial charge is 0.417 e. The number of alkyl halides is 3. The van der Waals surface area contributed by atoms with E-state index < -0.39 is 23.6 Å². The van der Waals surface area contributed by atoms with Crippen molar-refractivity contribution in [3.8, 4) is 0 Å². The topological polar surface area (TPSA) is 100 Å². The minimum Gasteiger partial charge on any atom is -0.371 e. The normalized spacial score (nSPS) is 13.8. The molecule has 0 atom stereocenters. The van der Waals surface area contributed by atoms with Crippen LogP contribution in [0.1, 0.15) is 39.3 Å². The maximum Gasteiger partial charge on any atom is 0.417 e. The van der Waals surface area contributed by atoms with Gasteiger partial charge in [0.2, 0.25) is 0 Å². The fourth-order valence-electron chi connectivity index (χ4n) is 3.26. The van der Waals surface area contributed by atoms with Gasteiger partial charge in [-0.1, -0.05) is 10.6 Å². The second-order valence-corrected chi connectivity index (χ2v) is 7.82. The molecular formula is C20H17F3N6O2S. The minimum absolute atomic E-state index is 0.0145. The van der Waals surface area contributed by atoms with E-state index in [-0.39, 0.29) is 16.3 Å². The van der Waals surface area contributed by atoms with Crippen molar-refractivity contribution in [3.05, 3.63) is 59.5 Å². The summed E-state index contributed by atoms with van der Waals surface area (Å²) in [6.07, 6.45) is -0.774. The van der Waals surface area contributed by atoms with E-state index in [0.717, 1.165) is 49.3 Å². The molecule has 8 nitrogen and oxygen atoms in total. The number of hydrogen-bond donors (Lipinski definition) is 2. The molecule has 3 aromatic rings. The molecule has 12 heteroatoms. The van der Waals surface area contributed by atoms with Gasteiger partial charge in [-0.05, 0) is 37.1 Å². The highest BCUT2D eigenvalue weighted by Gasteiger charge is 2.31. The van der Waals surface area contributed by atoms with Gasteiger partial charge in [-0.15, -0.1) is 5.10 Å². The van der Waals surface area contributed by atoms with Gasteiger partial charge in [-0.25, -0.2) is 0 Å². The summed E-state index contributed by atoms with van der Waals surface area (Å²) in [5.74, 6) is -1.46. The number of aromatic nitrogens is 3. The molecule has 0 unspecified atom stereocenters. The average molecular weight is 462 g/mol. The molecule has 0 aliphatic carbocycles. The number of amides is 2. The van der Waals surface area contributed by atoms with Crippen molar-refractivity contribution in [3.63, 3.8) is 0 Å². The summed E-state index contributed by atoms with van der Waals surface area (Å²) >= 11 is 0.740. The molecule has 0 saturated carbocycles. The van der Waals surface area contributed by atoms with Gasteiger partial charge in [0.15, 0.2) is 5.69 Å². The Morgan fingerprint density at radius 1 is 1.03 bits per heavy atom. The van der Waals surface area contributed by atoms with Crippen LogP contribution in [0.15, 0.2) is 42.7 Å². The summed E-state index contributed by atoms with van der Waals surface area (Å²) < 4.78 is 42.3. The van der Waals surface area contributed by atoms with Crippen LogP contribution in [0.25, 0.3) is 0 Å². The van der Waals surface area contributed by atoms with Gasteiger partial charge in [0.25, 0.3) is 11.8 Å². The van der Waals surface area contributed by atoms with Crippen LogP contribution < -0.4 is 15.5 Å². The molecule has 0 spiro atoms. The van der Waals surface area contributed by atoms with Crippen LogP contribution >= 0.6 is 11.5 Å². The van der Waals surface area contributed by atoms with Crippen LogP contribution in [0, 0.1) is 0 Å². The number of anilines is 3. The third-order valence-corrected chi connectivity index (χ3v) is 5.47. The van der Waals surface area contributed by atoms with Gasteiger partial charge < -0.3 is 15.5 Å². The highest BCUT2D eigenvalue weighted by molar-refractivity contribution is 7.10. The number of nitrogens with one attached hydrogen (secondary N) is 2. The van der Waals surface area contributed by atoms with E-state index in [4.69, 9.17) is 0 Å². The van der Waals surface area contributed by atoms with Gasteiger partial charge in [-0.2, -0.15) is 13.2 Å². The predicted octanol–water partition coefficient (Wildman–Crippen LogP) is 4.06. The first-order valence-corrected chi connectivity index (χ1v) is 10.4. The summed E-state index contributed by atoms with van der Waals surface area (Å²) in [5, 5.41) is 8.87. The molecule has 1 aliphatic heterocycles. The van der Waals surface area contributed by atoms with Crippen molar-refractivity contribution in [2.45, 2.75) is 19.0 Å². The molecule has 2 N–H and O–H groups in total. The maximum absolute atomic E-state index is 12.9. The van der Waals surface area contributed by atoms with E-state index in [1.807, 2.05) is 18.2 Å². The molecule has 1 aromatic carbocycles. The molecule has 0 radical (unpaired) electrons. The van der Waals surface area contributed by atoms with E-state index >= 15 is 0 Å². The quantitative estimate of drug-likeness (QED) is 0.593. The number of pyridine rings is 1. The smallest absolute Gasteiger partial charge is 0.371 e. The zero-order valence-corrected chi connectivity index (χ0v) is 17.3. The SMILES string of the molecule is O=C(Nc1snnc1C(=O)Nc1cccc(N2CCCC2)c1)c1cncc(C(F)(F)F)c1. The summed E-state index contributed by atoms with van der Waals surface area (Å²) in [6, 6.07) is 8.03. The van der Waals surface area contributed by atoms with Crippen LogP contribution in [0.3, 0.4) is 0 Å². The van der Waals surface area contributed by atoms with Crippen LogP contribution in [0.4, 0.5) is 29.5 Å². The Morgan fingerprint density at radius 2 is 1.81 bits per heavy atom. The zero-order chi connectivity index (χ0) is 22.7. The molecule has 32 heavy (non-hydrogen) atoms. The average Bonchev–Trinajstić information content (AvgIpc) is 3.46. The number of nitrogens with zero attached hydrogens (tertiary/aromatic N) is 4. The van der Waals surface area contributed by atoms with Crippen molar-refractivity contribution in [2.75, 3.05) is 28.6 Å². The third-order valence-electron chi connectivity index (χ3n) is 4.83. The van der Waals surface area contributed by atoms with Crippen molar-refractivity contribution < 1.29 is 22.8 Å². The highest BCUT2D eigenvalue weighted by atomic mass is 32.1. The fourth-order valence-corrected chi connectivity index (χ4v) is 3.82. The zero-order valence-electron chi connectivity index (χ0n) is 16.5. The van der Waals surface area contributed by atoms with Gasteiger partial charge in [0, 0.05) is 48.4 Å². The first-order valence-electron chi connectivity index (χ1n) is 9.63. The maximum atomic E-state index is 12.9. The van der Waals surface area contributed by atoms with E-state index in [1.165, 1.54) is 0 Å². The van der Waals surface area contributed by atoms with Gasteiger partial charge in [-0.3, -0.25) is 14.6 Å². The summed E-state index contributed by atoms with van der Waals surface area (Å²) in [6.45, 7) is 1.90. The first-order chi connectivity index (χ1) is 15.3. The number of rotatable bonds is 5. The number of hydrogen-bond acceptors (Lipinski definition) is 7. The van der Waals surface area contributed by atoms with E-state index in [0.29, 0.717) is 18.0 Å². The Kier molecular flexibility index (Phi) is 6.04. The van der Waals surface area contributed by atoms with Crippen molar-refractivity contribution >= 4 is 39.7 Å². The summed E-state index contributed by atoms with van der Waals surface area (Å²) in [4.78, 5) is 30.8. The van der Waals surface area contributed by atoms with Crippen LogP contribution in [-0.4, -0.2) is 39.5 Å². The fraction of sp³-hybridized carbons (Fsp3) is 0.250. The molecule has 0 bridgehead atoms. The predicted molar refractivity (Wildman–Crippen MR) is 113 cm³/mol. The second-order valence-electron chi connectivity index (χ2n) is 7.06. The Balaban J connectivity index is 1.47. The number of halogens is 3. The first kappa shape index (κ1) is 21.7. The van der Waals surface area contributed by atoms with Gasteiger partial charge >= 0.3 is 6.18 Å². The molecule has 2 aromatic heterocycles. The minimum atomic E-state index is -4.63. The molecule has 166 valence electrons. The Labute approximate surface area is 184 Å². The van der Waals surface area contributed by atoms with Crippen molar-refractivity contribution in [2.24, 2.45) is 0 Å². The second kappa shape index (κ2) is 8.91. The molecule has 1 fully saturated rings. The molecule has 1 saturated heterocycles. The summed E-state index contributed by atoms with van der Waals surface area (Å²) in [5.41, 5.74) is 0.0326. The third kappa shape index (κ3) is 4.85. The molecule has 1 aliphatic rings. The highest BCUT2D eigenvalue weighted by Crippen LogP contribution is 2.29. The molecule has 4 rings (SSSR count). The molecule has 2 amide bonds. The van der Waals surface area contributed by atoms with Crippen molar-refractivity contribution in [1.82, 2.24) is 14.6 Å². The standard InChI is InChI=1S/C20H17F3N6O2S/c21-20(22,23)13-8-12(10-24-11-13)17(30)26-19-16(27-28-32-19)18(31)25-14-4-3-5-15(9-14)29-6-1-2-7-29/h3-5,8-11H,1-2,6-7H2,(H,25,31)(H,26,30). The van der Waals surface area contributed by atoms with Crippen LogP contribution in [0.5, 0.6) is 0 Å². The lowest BCUT2D eigenvalue weighted by molar-refractivity contribution is -0.137. The Hall–Kier alpha value is -3.54. The lowest BCUT2D eigenvalue weighted by Gasteiger charge is -2.18. The number of carbonyl (C=O) groups excluding carboxylic acids is 2. The number of carbonyl (C=O) groups is 2. The van der Waals surface area contributed by atoms with E-state index in [9.17, 15) is 22.8 Å². The summed E-state index contributed by atoms with van der Waals surface area (Å²) in [7, 11) is 0. The van der Waals surface area contributed by atoms with E-state index in [1.54, 1.807) is 6.07 Å². The molecule has 3 heterocycles. The Morgan fingerprint density at radius 3 is 2.56 bits per heavy atom. The Bertz CT molecular complexity index is 1140. The number of benzene rings is 1. The van der Waals surface area contributed by atoms with Gasteiger partial charge in [0.1, 0.15) is 5.00 Å². The lowest BCUT2D eigenvalue weighted by atomic mass is 10.2. The van der Waals surface area contributed by atoms with Crippen LogP contribution in [0.2, 0.25) is 0 Å². The monoisotopic (exact) mass is 462 g/mol. The van der Waals surface area contributed by atoms with E-state index in [2.05, 4.69) is 30.1 Å². The van der Waals surface area contributed by atoms with Crippen molar-refractivity contribution in [1.29, 1.82) is 0 Å².